The summed E-state index contributed by atoms with van der Waals surface area (Å²) < 4.78 is 5.07. The zero-order valence-corrected chi connectivity index (χ0v) is 14.6. The molecule has 2 amide bonds. The number of carbonyl (C=O) groups is 2. The molecule has 0 saturated carbocycles. The quantitative estimate of drug-likeness (QED) is 0.784. The number of nitrogens with zero attached hydrogens (tertiary/aromatic N) is 2. The van der Waals surface area contributed by atoms with Crippen LogP contribution >= 0.6 is 0 Å². The van der Waals surface area contributed by atoms with Crippen LogP contribution in [0.4, 0.5) is 10.5 Å². The molecule has 0 saturated heterocycles. The molecule has 25 heavy (non-hydrogen) atoms. The van der Waals surface area contributed by atoms with Crippen molar-refractivity contribution in [3.8, 4) is 0 Å². The van der Waals surface area contributed by atoms with Crippen molar-refractivity contribution in [3.05, 3.63) is 59.9 Å². The van der Waals surface area contributed by atoms with Gasteiger partial charge in [0.2, 0.25) is 0 Å². The molecule has 0 fully saturated rings. The van der Waals surface area contributed by atoms with Crippen molar-refractivity contribution in [2.45, 2.75) is 19.8 Å². The highest BCUT2D eigenvalue weighted by Gasteiger charge is 2.10. The van der Waals surface area contributed by atoms with E-state index >= 15 is 0 Å². The largest absolute Gasteiger partial charge is 0.462 e. The highest BCUT2D eigenvalue weighted by Crippen LogP contribution is 2.11. The molecule has 1 aromatic carbocycles. The van der Waals surface area contributed by atoms with Crippen molar-refractivity contribution >= 4 is 17.7 Å². The Morgan fingerprint density at radius 2 is 1.92 bits per heavy atom. The molecule has 132 valence electrons. The fourth-order valence-electron chi connectivity index (χ4n) is 2.12. The van der Waals surface area contributed by atoms with Gasteiger partial charge in [-0.3, -0.25) is 4.98 Å². The van der Waals surface area contributed by atoms with E-state index in [0.717, 1.165) is 12.1 Å². The number of esters is 1. The molecule has 1 heterocycles. The minimum Gasteiger partial charge on any atom is -0.462 e. The van der Waals surface area contributed by atoms with Crippen LogP contribution in [0.25, 0.3) is 0 Å². The average molecular weight is 341 g/mol. The SMILES string of the molecule is CCCOC(=O)c1ccc(NC(=O)N(C)CCc2ccccn2)cc1. The van der Waals surface area contributed by atoms with Crippen LogP contribution in [-0.2, 0) is 11.2 Å². The molecule has 0 radical (unpaired) electrons. The number of anilines is 1. The minimum absolute atomic E-state index is 0.211. The summed E-state index contributed by atoms with van der Waals surface area (Å²) in [5.74, 6) is -0.354. The van der Waals surface area contributed by atoms with Crippen molar-refractivity contribution in [3.63, 3.8) is 0 Å². The first-order chi connectivity index (χ1) is 12.1. The molecule has 2 rings (SSSR count). The van der Waals surface area contributed by atoms with E-state index in [2.05, 4.69) is 10.3 Å². The Morgan fingerprint density at radius 3 is 2.56 bits per heavy atom. The van der Waals surface area contributed by atoms with Gasteiger partial charge >= 0.3 is 12.0 Å². The number of amides is 2. The van der Waals surface area contributed by atoms with E-state index in [1.165, 1.54) is 0 Å². The lowest BCUT2D eigenvalue weighted by atomic mass is 10.2. The van der Waals surface area contributed by atoms with Crippen LogP contribution in [0.15, 0.2) is 48.7 Å². The van der Waals surface area contributed by atoms with Gasteiger partial charge in [0.15, 0.2) is 0 Å². The number of hydrogen-bond donors (Lipinski definition) is 1. The third-order valence-corrected chi connectivity index (χ3v) is 3.59. The van der Waals surface area contributed by atoms with Crippen LogP contribution in [-0.4, -0.2) is 42.1 Å². The maximum atomic E-state index is 12.2. The topological polar surface area (TPSA) is 71.5 Å². The monoisotopic (exact) mass is 341 g/mol. The van der Waals surface area contributed by atoms with Gasteiger partial charge in [0.25, 0.3) is 0 Å². The molecular weight excluding hydrogens is 318 g/mol. The van der Waals surface area contributed by atoms with Gasteiger partial charge < -0.3 is 15.0 Å². The van der Waals surface area contributed by atoms with Crippen molar-refractivity contribution in [2.24, 2.45) is 0 Å². The number of nitrogens with one attached hydrogen (secondary N) is 1. The average Bonchev–Trinajstić information content (AvgIpc) is 2.65. The van der Waals surface area contributed by atoms with Crippen LogP contribution < -0.4 is 5.32 Å². The molecule has 0 aliphatic rings. The molecule has 1 aromatic heterocycles. The van der Waals surface area contributed by atoms with Gasteiger partial charge in [-0.15, -0.1) is 0 Å². The number of urea groups is 1. The standard InChI is InChI=1S/C19H23N3O3/c1-3-14-25-18(23)15-7-9-17(10-8-15)21-19(24)22(2)13-11-16-6-4-5-12-20-16/h4-10,12H,3,11,13-14H2,1-2H3,(H,21,24). The predicted octanol–water partition coefficient (Wildman–Crippen LogP) is 3.35. The van der Waals surface area contributed by atoms with E-state index in [1.807, 2.05) is 25.1 Å². The van der Waals surface area contributed by atoms with E-state index in [1.54, 1.807) is 42.4 Å². The molecule has 0 spiro atoms. The fourth-order valence-corrected chi connectivity index (χ4v) is 2.12. The number of benzene rings is 1. The molecule has 6 heteroatoms. The Labute approximate surface area is 147 Å². The molecule has 0 aliphatic carbocycles. The maximum Gasteiger partial charge on any atom is 0.338 e. The second-order valence-corrected chi connectivity index (χ2v) is 5.64. The van der Waals surface area contributed by atoms with Gasteiger partial charge in [0, 0.05) is 37.6 Å². The first-order valence-corrected chi connectivity index (χ1v) is 8.29. The number of aromatic nitrogens is 1. The van der Waals surface area contributed by atoms with Crippen molar-refractivity contribution in [2.75, 3.05) is 25.5 Å². The fraction of sp³-hybridized carbons (Fsp3) is 0.316. The van der Waals surface area contributed by atoms with Gasteiger partial charge in [0.05, 0.1) is 12.2 Å². The number of pyridine rings is 1. The van der Waals surface area contributed by atoms with Crippen LogP contribution in [0.2, 0.25) is 0 Å². The molecule has 0 unspecified atom stereocenters. The van der Waals surface area contributed by atoms with E-state index in [4.69, 9.17) is 4.74 Å². The highest BCUT2D eigenvalue weighted by atomic mass is 16.5. The van der Waals surface area contributed by atoms with Gasteiger partial charge in [0.1, 0.15) is 0 Å². The summed E-state index contributed by atoms with van der Waals surface area (Å²) in [7, 11) is 1.73. The zero-order valence-electron chi connectivity index (χ0n) is 14.6. The molecule has 6 nitrogen and oxygen atoms in total. The Bertz CT molecular complexity index is 687. The number of hydrogen-bond acceptors (Lipinski definition) is 4. The number of likely N-dealkylation sites (N-methyl/N-ethyl adjacent to an activating group) is 1. The summed E-state index contributed by atoms with van der Waals surface area (Å²) in [4.78, 5) is 29.8. The summed E-state index contributed by atoms with van der Waals surface area (Å²) in [6, 6.07) is 12.2. The molecular formula is C19H23N3O3. The van der Waals surface area contributed by atoms with Crippen LogP contribution in [0.5, 0.6) is 0 Å². The first kappa shape index (κ1) is 18.4. The number of carbonyl (C=O) groups excluding carboxylic acids is 2. The Hall–Kier alpha value is -2.89. The van der Waals surface area contributed by atoms with Crippen LogP contribution in [0, 0.1) is 0 Å². The Balaban J connectivity index is 1.84. The molecule has 0 atom stereocenters. The van der Waals surface area contributed by atoms with E-state index in [9.17, 15) is 9.59 Å². The zero-order chi connectivity index (χ0) is 18.1. The predicted molar refractivity (Wildman–Crippen MR) is 96.6 cm³/mol. The summed E-state index contributed by atoms with van der Waals surface area (Å²) in [6.07, 6.45) is 3.21. The van der Waals surface area contributed by atoms with Gasteiger partial charge in [-0.25, -0.2) is 9.59 Å². The molecule has 2 aromatic rings. The maximum absolute atomic E-state index is 12.2. The van der Waals surface area contributed by atoms with E-state index < -0.39 is 0 Å². The Morgan fingerprint density at radius 1 is 1.16 bits per heavy atom. The smallest absolute Gasteiger partial charge is 0.338 e. The highest BCUT2D eigenvalue weighted by molar-refractivity contribution is 5.92. The van der Waals surface area contributed by atoms with Crippen molar-refractivity contribution in [1.82, 2.24) is 9.88 Å². The molecule has 0 aliphatic heterocycles. The van der Waals surface area contributed by atoms with Gasteiger partial charge in [-0.2, -0.15) is 0 Å². The summed E-state index contributed by atoms with van der Waals surface area (Å²) in [5.41, 5.74) is 2.04. The molecule has 1 N–H and O–H groups in total. The van der Waals surface area contributed by atoms with E-state index in [0.29, 0.717) is 30.8 Å². The second kappa shape index (κ2) is 9.42. The lowest BCUT2D eigenvalue weighted by Gasteiger charge is -2.17. The number of ether oxygens (including phenoxy) is 1. The first-order valence-electron chi connectivity index (χ1n) is 8.29. The lowest BCUT2D eigenvalue weighted by molar-refractivity contribution is 0.0505. The van der Waals surface area contributed by atoms with E-state index in [-0.39, 0.29) is 12.0 Å². The van der Waals surface area contributed by atoms with Gasteiger partial charge in [-0.05, 0) is 42.8 Å². The minimum atomic E-state index is -0.354. The van der Waals surface area contributed by atoms with Crippen LogP contribution in [0.1, 0.15) is 29.4 Å². The van der Waals surface area contributed by atoms with Gasteiger partial charge in [-0.1, -0.05) is 13.0 Å². The van der Waals surface area contributed by atoms with Crippen molar-refractivity contribution in [1.29, 1.82) is 0 Å². The third-order valence-electron chi connectivity index (χ3n) is 3.59. The third kappa shape index (κ3) is 5.91. The lowest BCUT2D eigenvalue weighted by Crippen LogP contribution is -2.33. The summed E-state index contributed by atoms with van der Waals surface area (Å²) in [6.45, 7) is 2.90. The normalized spacial score (nSPS) is 10.2. The van der Waals surface area contributed by atoms with Crippen LogP contribution in [0.3, 0.4) is 0 Å². The Kier molecular flexibility index (Phi) is 6.95. The summed E-state index contributed by atoms with van der Waals surface area (Å²) in [5, 5.41) is 2.80. The second-order valence-electron chi connectivity index (χ2n) is 5.64. The summed E-state index contributed by atoms with van der Waals surface area (Å²) >= 11 is 0. The number of rotatable bonds is 7. The molecule has 0 bridgehead atoms. The van der Waals surface area contributed by atoms with Crippen molar-refractivity contribution < 1.29 is 14.3 Å².